The number of nitrogens with one attached hydrogen (secondary N) is 2. The van der Waals surface area contributed by atoms with Gasteiger partial charge in [-0.3, -0.25) is 14.5 Å². The lowest BCUT2D eigenvalue weighted by molar-refractivity contribution is -0.117. The number of benzene rings is 2. The van der Waals surface area contributed by atoms with Gasteiger partial charge >= 0.3 is 0 Å². The summed E-state index contributed by atoms with van der Waals surface area (Å²) >= 11 is 0. The molecule has 0 saturated carbocycles. The molecule has 2 heterocycles. The van der Waals surface area contributed by atoms with Crippen LogP contribution >= 0.6 is 0 Å². The van der Waals surface area contributed by atoms with Gasteiger partial charge in [-0.1, -0.05) is 18.2 Å². The molecule has 0 radical (unpaired) electrons. The SMILES string of the molecule is COc1cc(NC(=O)c2ccccc2)c(OC)cc1NC(=O)CN1CCCC1c1cccn1C. The van der Waals surface area contributed by atoms with Gasteiger partial charge < -0.3 is 24.7 Å². The number of anilines is 2. The molecule has 3 aromatic rings. The zero-order valence-corrected chi connectivity index (χ0v) is 19.7. The largest absolute Gasteiger partial charge is 0.494 e. The van der Waals surface area contributed by atoms with Crippen molar-refractivity contribution in [3.63, 3.8) is 0 Å². The molecule has 1 aliphatic rings. The first-order valence-electron chi connectivity index (χ1n) is 11.3. The van der Waals surface area contributed by atoms with Crippen LogP contribution in [-0.4, -0.2) is 48.6 Å². The van der Waals surface area contributed by atoms with E-state index in [-0.39, 0.29) is 24.4 Å². The molecule has 34 heavy (non-hydrogen) atoms. The first-order chi connectivity index (χ1) is 16.5. The maximum atomic E-state index is 13.0. The van der Waals surface area contributed by atoms with Gasteiger partial charge in [-0.15, -0.1) is 0 Å². The van der Waals surface area contributed by atoms with Crippen LogP contribution in [0.15, 0.2) is 60.8 Å². The molecule has 178 valence electrons. The lowest BCUT2D eigenvalue weighted by Crippen LogP contribution is -2.33. The molecule has 1 saturated heterocycles. The Morgan fingerprint density at radius 3 is 2.26 bits per heavy atom. The average molecular weight is 463 g/mol. The highest BCUT2D eigenvalue weighted by molar-refractivity contribution is 6.05. The fourth-order valence-electron chi connectivity index (χ4n) is 4.42. The zero-order chi connectivity index (χ0) is 24.1. The molecule has 2 N–H and O–H groups in total. The smallest absolute Gasteiger partial charge is 0.255 e. The molecule has 1 aliphatic heterocycles. The van der Waals surface area contributed by atoms with Crippen molar-refractivity contribution in [3.05, 3.63) is 72.1 Å². The number of hydrogen-bond donors (Lipinski definition) is 2. The first-order valence-corrected chi connectivity index (χ1v) is 11.3. The molecule has 1 atom stereocenters. The number of methoxy groups -OCH3 is 2. The number of rotatable bonds is 8. The van der Waals surface area contributed by atoms with E-state index in [1.165, 1.54) is 19.9 Å². The highest BCUT2D eigenvalue weighted by atomic mass is 16.5. The molecule has 8 heteroatoms. The van der Waals surface area contributed by atoms with Crippen molar-refractivity contribution >= 4 is 23.2 Å². The van der Waals surface area contributed by atoms with Crippen LogP contribution in [0.4, 0.5) is 11.4 Å². The van der Waals surface area contributed by atoms with Gasteiger partial charge in [0.2, 0.25) is 5.91 Å². The molecule has 1 fully saturated rings. The number of ether oxygens (including phenoxy) is 2. The van der Waals surface area contributed by atoms with Crippen LogP contribution in [0.5, 0.6) is 11.5 Å². The minimum atomic E-state index is -0.265. The number of aromatic nitrogens is 1. The maximum absolute atomic E-state index is 13.0. The van der Waals surface area contributed by atoms with Crippen LogP contribution in [0, 0.1) is 0 Å². The third-order valence-electron chi connectivity index (χ3n) is 6.12. The number of nitrogens with zero attached hydrogens (tertiary/aromatic N) is 2. The van der Waals surface area contributed by atoms with Gasteiger partial charge in [0, 0.05) is 36.6 Å². The fraction of sp³-hybridized carbons (Fsp3) is 0.308. The summed E-state index contributed by atoms with van der Waals surface area (Å²) in [6.07, 6.45) is 4.11. The van der Waals surface area contributed by atoms with Crippen LogP contribution in [0.25, 0.3) is 0 Å². The Balaban J connectivity index is 1.48. The van der Waals surface area contributed by atoms with Crippen molar-refractivity contribution in [2.75, 3.05) is 37.9 Å². The van der Waals surface area contributed by atoms with E-state index in [1.807, 2.05) is 25.4 Å². The second-order valence-electron chi connectivity index (χ2n) is 8.29. The van der Waals surface area contributed by atoms with Crippen molar-refractivity contribution in [1.82, 2.24) is 9.47 Å². The van der Waals surface area contributed by atoms with Crippen LogP contribution in [0.2, 0.25) is 0 Å². The van der Waals surface area contributed by atoms with Gasteiger partial charge in [-0.25, -0.2) is 0 Å². The number of likely N-dealkylation sites (tertiary alicyclic amines) is 1. The highest BCUT2D eigenvalue weighted by Crippen LogP contribution is 2.37. The topological polar surface area (TPSA) is 84.8 Å². The maximum Gasteiger partial charge on any atom is 0.255 e. The summed E-state index contributed by atoms with van der Waals surface area (Å²) in [5.41, 5.74) is 2.67. The Bertz CT molecular complexity index is 1160. The van der Waals surface area contributed by atoms with E-state index in [0.29, 0.717) is 28.4 Å². The summed E-state index contributed by atoms with van der Waals surface area (Å²) in [6.45, 7) is 1.14. The third kappa shape index (κ3) is 5.07. The second kappa shape index (κ2) is 10.4. The number of aryl methyl sites for hydroxylation is 1. The van der Waals surface area contributed by atoms with Crippen molar-refractivity contribution in [2.24, 2.45) is 7.05 Å². The van der Waals surface area contributed by atoms with E-state index in [0.717, 1.165) is 19.4 Å². The monoisotopic (exact) mass is 462 g/mol. The minimum Gasteiger partial charge on any atom is -0.494 e. The quantitative estimate of drug-likeness (QED) is 0.527. The van der Waals surface area contributed by atoms with Gasteiger partial charge in [0.25, 0.3) is 5.91 Å². The van der Waals surface area contributed by atoms with Crippen molar-refractivity contribution in [1.29, 1.82) is 0 Å². The Morgan fingerprint density at radius 1 is 0.971 bits per heavy atom. The zero-order valence-electron chi connectivity index (χ0n) is 19.7. The molecule has 0 aliphatic carbocycles. The Hall–Kier alpha value is -3.78. The van der Waals surface area contributed by atoms with E-state index in [1.54, 1.807) is 36.4 Å². The van der Waals surface area contributed by atoms with E-state index in [4.69, 9.17) is 9.47 Å². The van der Waals surface area contributed by atoms with Gasteiger partial charge in [0.1, 0.15) is 11.5 Å². The van der Waals surface area contributed by atoms with Crippen molar-refractivity contribution in [2.45, 2.75) is 18.9 Å². The Labute approximate surface area is 199 Å². The Morgan fingerprint density at radius 2 is 1.65 bits per heavy atom. The first kappa shape index (κ1) is 23.4. The van der Waals surface area contributed by atoms with Gasteiger partial charge in [0.05, 0.1) is 38.2 Å². The van der Waals surface area contributed by atoms with Crippen LogP contribution in [0.1, 0.15) is 34.9 Å². The van der Waals surface area contributed by atoms with Gasteiger partial charge in [-0.05, 0) is 43.7 Å². The molecule has 0 spiro atoms. The molecular formula is C26H30N4O4. The molecule has 1 aromatic heterocycles. The predicted octanol–water partition coefficient (Wildman–Crippen LogP) is 4.07. The van der Waals surface area contributed by atoms with E-state index >= 15 is 0 Å². The fourth-order valence-corrected chi connectivity index (χ4v) is 4.42. The molecule has 0 bridgehead atoms. The predicted molar refractivity (Wildman–Crippen MR) is 132 cm³/mol. The molecule has 4 rings (SSSR count). The number of carbonyl (C=O) groups is 2. The second-order valence-corrected chi connectivity index (χ2v) is 8.29. The van der Waals surface area contributed by atoms with Crippen molar-refractivity contribution in [3.8, 4) is 11.5 Å². The summed E-state index contributed by atoms with van der Waals surface area (Å²) in [5.74, 6) is 0.446. The van der Waals surface area contributed by atoms with Crippen LogP contribution < -0.4 is 20.1 Å². The molecular weight excluding hydrogens is 432 g/mol. The van der Waals surface area contributed by atoms with Gasteiger partial charge in [0.15, 0.2) is 0 Å². The molecule has 2 amide bonds. The number of amides is 2. The standard InChI is InChI=1S/C26H30N4O4/c1-29-13-7-11-21(29)22-12-8-14-30(22)17-25(31)27-19-15-24(34-3)20(16-23(19)33-2)28-26(32)18-9-5-4-6-10-18/h4-7,9-11,13,15-16,22H,8,12,14,17H2,1-3H3,(H,27,31)(H,28,32). The van der Waals surface area contributed by atoms with E-state index in [9.17, 15) is 9.59 Å². The summed E-state index contributed by atoms with van der Waals surface area (Å²) in [4.78, 5) is 27.8. The summed E-state index contributed by atoms with van der Waals surface area (Å²) in [7, 11) is 5.06. The molecule has 2 aromatic carbocycles. The van der Waals surface area contributed by atoms with E-state index < -0.39 is 0 Å². The lowest BCUT2D eigenvalue weighted by atomic mass is 10.1. The number of carbonyl (C=O) groups excluding carboxylic acids is 2. The minimum absolute atomic E-state index is 0.137. The van der Waals surface area contributed by atoms with Crippen molar-refractivity contribution < 1.29 is 19.1 Å². The summed E-state index contributed by atoms with van der Waals surface area (Å²) < 4.78 is 13.1. The molecule has 1 unspecified atom stereocenters. The van der Waals surface area contributed by atoms with Crippen LogP contribution in [-0.2, 0) is 11.8 Å². The van der Waals surface area contributed by atoms with Crippen LogP contribution in [0.3, 0.4) is 0 Å². The summed E-state index contributed by atoms with van der Waals surface area (Å²) in [5, 5.41) is 5.80. The lowest BCUT2D eigenvalue weighted by Gasteiger charge is -2.25. The third-order valence-corrected chi connectivity index (χ3v) is 6.12. The normalized spacial score (nSPS) is 15.7. The molecule has 8 nitrogen and oxygen atoms in total. The number of hydrogen-bond acceptors (Lipinski definition) is 5. The van der Waals surface area contributed by atoms with E-state index in [2.05, 4.69) is 26.2 Å². The summed E-state index contributed by atoms with van der Waals surface area (Å²) in [6, 6.07) is 16.6. The average Bonchev–Trinajstić information content (AvgIpc) is 3.48. The highest BCUT2D eigenvalue weighted by Gasteiger charge is 2.29. The Kier molecular flexibility index (Phi) is 7.18. The van der Waals surface area contributed by atoms with Gasteiger partial charge in [-0.2, -0.15) is 0 Å².